The van der Waals surface area contributed by atoms with E-state index in [2.05, 4.69) is 0 Å². The number of nitrogens with zero attached hydrogens (tertiary/aromatic N) is 1. The number of benzene rings is 2. The molecule has 1 aliphatic rings. The van der Waals surface area contributed by atoms with Crippen molar-refractivity contribution in [1.29, 1.82) is 0 Å². The van der Waals surface area contributed by atoms with Gasteiger partial charge >= 0.3 is 0 Å². The van der Waals surface area contributed by atoms with Crippen molar-refractivity contribution in [3.8, 4) is 5.75 Å². The van der Waals surface area contributed by atoms with E-state index in [1.165, 1.54) is 23.1 Å². The van der Waals surface area contributed by atoms with E-state index < -0.39 is 29.3 Å². The molecule has 2 aromatic carbocycles. The minimum absolute atomic E-state index is 0.0103. The van der Waals surface area contributed by atoms with Gasteiger partial charge in [0, 0.05) is 17.7 Å². The first-order chi connectivity index (χ1) is 15.0. The number of rotatable bonds is 9. The molecule has 1 atom stereocenters. The summed E-state index contributed by atoms with van der Waals surface area (Å²) >= 11 is 0. The smallest absolute Gasteiger partial charge is 0.295 e. The molecule has 8 heteroatoms. The standard InChI is InChI=1S/C23H24FNO6/c1-2-31-16-9-7-15(8-10-16)21(27)19-20(17-5-3-4-6-18(17)24)25(23(29)22(19)28)11-13-30-14-12-26/h3-10,20,26-27H,2,11-14H2,1H3/b21-19+/t20-/m1/s1. The molecular formula is C23H24FNO6. The van der Waals surface area contributed by atoms with E-state index in [0.29, 0.717) is 17.9 Å². The highest BCUT2D eigenvalue weighted by atomic mass is 19.1. The maximum Gasteiger partial charge on any atom is 0.295 e. The Labute approximate surface area is 179 Å². The second-order valence-electron chi connectivity index (χ2n) is 6.81. The van der Waals surface area contributed by atoms with Crippen molar-refractivity contribution in [1.82, 2.24) is 4.90 Å². The largest absolute Gasteiger partial charge is 0.507 e. The lowest BCUT2D eigenvalue weighted by Crippen LogP contribution is -2.33. The van der Waals surface area contributed by atoms with Crippen LogP contribution in [-0.2, 0) is 14.3 Å². The molecule has 0 unspecified atom stereocenters. The van der Waals surface area contributed by atoms with Crippen LogP contribution in [0.15, 0.2) is 54.1 Å². The summed E-state index contributed by atoms with van der Waals surface area (Å²) in [6.45, 7) is 2.23. The number of amides is 1. The maximum atomic E-state index is 14.7. The van der Waals surface area contributed by atoms with Gasteiger partial charge in [0.1, 0.15) is 17.3 Å². The average Bonchev–Trinajstić information content (AvgIpc) is 3.02. The molecule has 1 saturated heterocycles. The quantitative estimate of drug-likeness (QED) is 0.275. The molecule has 0 saturated carbocycles. The molecule has 2 N–H and O–H groups in total. The molecule has 3 rings (SSSR count). The third kappa shape index (κ3) is 4.76. The minimum atomic E-state index is -1.11. The first-order valence-corrected chi connectivity index (χ1v) is 9.94. The second-order valence-corrected chi connectivity index (χ2v) is 6.81. The number of Topliss-reactive ketones (excluding diaryl/α,β-unsaturated/α-hetero) is 1. The van der Waals surface area contributed by atoms with E-state index in [9.17, 15) is 19.1 Å². The lowest BCUT2D eigenvalue weighted by atomic mass is 9.95. The van der Waals surface area contributed by atoms with Gasteiger partial charge in [0.2, 0.25) is 0 Å². The van der Waals surface area contributed by atoms with Crippen LogP contribution in [0.25, 0.3) is 5.76 Å². The number of halogens is 1. The topological polar surface area (TPSA) is 96.3 Å². The van der Waals surface area contributed by atoms with Crippen LogP contribution in [0.1, 0.15) is 24.1 Å². The summed E-state index contributed by atoms with van der Waals surface area (Å²) in [4.78, 5) is 26.8. The number of ketones is 1. The summed E-state index contributed by atoms with van der Waals surface area (Å²) < 4.78 is 25.3. The zero-order chi connectivity index (χ0) is 22.4. The fourth-order valence-corrected chi connectivity index (χ4v) is 3.49. The summed E-state index contributed by atoms with van der Waals surface area (Å²) in [7, 11) is 0. The summed E-state index contributed by atoms with van der Waals surface area (Å²) in [6, 6.07) is 11.1. The third-order valence-electron chi connectivity index (χ3n) is 4.89. The molecule has 164 valence electrons. The molecule has 7 nitrogen and oxygen atoms in total. The van der Waals surface area contributed by atoms with Crippen LogP contribution >= 0.6 is 0 Å². The molecular weight excluding hydrogens is 405 g/mol. The fraction of sp³-hybridized carbons (Fsp3) is 0.304. The minimum Gasteiger partial charge on any atom is -0.507 e. The Balaban J connectivity index is 2.05. The number of hydrogen-bond acceptors (Lipinski definition) is 6. The van der Waals surface area contributed by atoms with Gasteiger partial charge in [-0.2, -0.15) is 0 Å². The van der Waals surface area contributed by atoms with Crippen molar-refractivity contribution in [3.05, 3.63) is 71.0 Å². The van der Waals surface area contributed by atoms with E-state index in [1.807, 2.05) is 6.92 Å². The lowest BCUT2D eigenvalue weighted by Gasteiger charge is -2.25. The summed E-state index contributed by atoms with van der Waals surface area (Å²) in [5.41, 5.74) is 0.206. The number of aliphatic hydroxyl groups excluding tert-OH is 2. The van der Waals surface area contributed by atoms with Gasteiger partial charge in [-0.3, -0.25) is 9.59 Å². The van der Waals surface area contributed by atoms with Crippen LogP contribution in [-0.4, -0.2) is 59.8 Å². The Morgan fingerprint density at radius 1 is 1.10 bits per heavy atom. The van der Waals surface area contributed by atoms with Crippen LogP contribution in [0.5, 0.6) is 5.75 Å². The molecule has 2 aromatic rings. The highest BCUT2D eigenvalue weighted by Gasteiger charge is 2.46. The Morgan fingerprint density at radius 3 is 2.45 bits per heavy atom. The summed E-state index contributed by atoms with van der Waals surface area (Å²) in [5.74, 6) is -2.16. The normalized spacial score (nSPS) is 17.9. The average molecular weight is 429 g/mol. The van der Waals surface area contributed by atoms with Gasteiger partial charge in [-0.25, -0.2) is 4.39 Å². The number of carbonyl (C=O) groups is 2. The number of carbonyl (C=O) groups excluding carboxylic acids is 2. The van der Waals surface area contributed by atoms with Gasteiger partial charge in [-0.1, -0.05) is 18.2 Å². The van der Waals surface area contributed by atoms with Gasteiger partial charge in [0.25, 0.3) is 11.7 Å². The SMILES string of the molecule is CCOc1ccc(/C(O)=C2\C(=O)C(=O)N(CCOCCO)[C@@H]2c2ccccc2F)cc1. The molecule has 0 aromatic heterocycles. The molecule has 1 amide bonds. The van der Waals surface area contributed by atoms with Crippen molar-refractivity contribution in [2.75, 3.05) is 33.0 Å². The predicted molar refractivity (Wildman–Crippen MR) is 111 cm³/mol. The number of aliphatic hydroxyl groups is 2. The summed E-state index contributed by atoms with van der Waals surface area (Å²) in [5, 5.41) is 19.8. The highest BCUT2D eigenvalue weighted by molar-refractivity contribution is 6.46. The molecule has 1 aliphatic heterocycles. The Bertz CT molecular complexity index is 972. The van der Waals surface area contributed by atoms with Gasteiger partial charge < -0.3 is 24.6 Å². The third-order valence-corrected chi connectivity index (χ3v) is 4.89. The molecule has 0 radical (unpaired) electrons. The Morgan fingerprint density at radius 2 is 1.81 bits per heavy atom. The van der Waals surface area contributed by atoms with Crippen LogP contribution in [0.2, 0.25) is 0 Å². The number of ether oxygens (including phenoxy) is 2. The molecule has 1 heterocycles. The zero-order valence-electron chi connectivity index (χ0n) is 17.1. The van der Waals surface area contributed by atoms with Crippen molar-refractivity contribution in [2.24, 2.45) is 0 Å². The lowest BCUT2D eigenvalue weighted by molar-refractivity contribution is -0.140. The second kappa shape index (κ2) is 10.2. The van der Waals surface area contributed by atoms with Gasteiger partial charge in [0.05, 0.1) is 38.0 Å². The van der Waals surface area contributed by atoms with Crippen molar-refractivity contribution >= 4 is 17.4 Å². The molecule has 1 fully saturated rings. The van der Waals surface area contributed by atoms with Crippen molar-refractivity contribution < 1.29 is 33.7 Å². The van der Waals surface area contributed by atoms with Crippen LogP contribution in [0.4, 0.5) is 4.39 Å². The van der Waals surface area contributed by atoms with E-state index in [0.717, 1.165) is 0 Å². The van der Waals surface area contributed by atoms with Crippen molar-refractivity contribution in [2.45, 2.75) is 13.0 Å². The highest BCUT2D eigenvalue weighted by Crippen LogP contribution is 2.40. The van der Waals surface area contributed by atoms with Crippen LogP contribution in [0, 0.1) is 5.82 Å². The maximum absolute atomic E-state index is 14.7. The van der Waals surface area contributed by atoms with E-state index in [4.69, 9.17) is 14.6 Å². The van der Waals surface area contributed by atoms with Crippen LogP contribution < -0.4 is 4.74 Å². The van der Waals surface area contributed by atoms with Crippen LogP contribution in [0.3, 0.4) is 0 Å². The van der Waals surface area contributed by atoms with Gasteiger partial charge in [-0.05, 0) is 37.3 Å². The van der Waals surface area contributed by atoms with Gasteiger partial charge in [0.15, 0.2) is 0 Å². The van der Waals surface area contributed by atoms with Crippen molar-refractivity contribution in [3.63, 3.8) is 0 Å². The molecule has 0 aliphatic carbocycles. The predicted octanol–water partition coefficient (Wildman–Crippen LogP) is 2.66. The Kier molecular flexibility index (Phi) is 7.38. The monoisotopic (exact) mass is 429 g/mol. The number of hydrogen-bond donors (Lipinski definition) is 2. The molecule has 31 heavy (non-hydrogen) atoms. The zero-order valence-corrected chi connectivity index (χ0v) is 17.1. The van der Waals surface area contributed by atoms with E-state index in [1.54, 1.807) is 30.3 Å². The summed E-state index contributed by atoms with van der Waals surface area (Å²) in [6.07, 6.45) is 0. The first-order valence-electron chi connectivity index (χ1n) is 9.94. The molecule has 0 spiro atoms. The molecule has 0 bridgehead atoms. The Hall–Kier alpha value is -3.23. The number of likely N-dealkylation sites (tertiary alicyclic amines) is 1. The first kappa shape index (κ1) is 22.5. The van der Waals surface area contributed by atoms with Gasteiger partial charge in [-0.15, -0.1) is 0 Å². The van der Waals surface area contributed by atoms with E-state index >= 15 is 0 Å². The van der Waals surface area contributed by atoms with E-state index in [-0.39, 0.29) is 37.5 Å². The fourth-order valence-electron chi connectivity index (χ4n) is 3.49.